The van der Waals surface area contributed by atoms with Gasteiger partial charge in [-0.3, -0.25) is 9.59 Å². The minimum Gasteiger partial charge on any atom is -0.497 e. The van der Waals surface area contributed by atoms with Crippen LogP contribution in [0.3, 0.4) is 0 Å². The van der Waals surface area contributed by atoms with E-state index in [0.29, 0.717) is 11.4 Å². The number of nitrogens with one attached hydrogen (secondary N) is 2. The number of benzene rings is 3. The summed E-state index contributed by atoms with van der Waals surface area (Å²) in [4.78, 5) is 27.3. The predicted molar refractivity (Wildman–Crippen MR) is 138 cm³/mol. The van der Waals surface area contributed by atoms with Crippen molar-refractivity contribution in [1.82, 2.24) is 10.0 Å². The summed E-state index contributed by atoms with van der Waals surface area (Å²) in [5.74, 6) is -0.0901. The Kier molecular flexibility index (Phi) is 7.71. The van der Waals surface area contributed by atoms with Crippen LogP contribution in [0.25, 0.3) is 0 Å². The topological polar surface area (TPSA) is 105 Å². The number of amides is 2. The molecule has 8 nitrogen and oxygen atoms in total. The lowest BCUT2D eigenvalue weighted by molar-refractivity contribution is -0.119. The van der Waals surface area contributed by atoms with E-state index in [1.54, 1.807) is 44.5 Å². The zero-order chi connectivity index (χ0) is 25.7. The van der Waals surface area contributed by atoms with Gasteiger partial charge in [-0.1, -0.05) is 36.4 Å². The maximum atomic E-state index is 13.5. The third-order valence-corrected chi connectivity index (χ3v) is 7.46. The number of hydrogen-bond donors (Lipinski definition) is 2. The Morgan fingerprint density at radius 1 is 1.00 bits per heavy atom. The van der Waals surface area contributed by atoms with Gasteiger partial charge in [0.15, 0.2) is 0 Å². The summed E-state index contributed by atoms with van der Waals surface area (Å²) in [6.45, 7) is 0. The first-order valence-electron chi connectivity index (χ1n) is 11.7. The van der Waals surface area contributed by atoms with E-state index in [-0.39, 0.29) is 28.8 Å². The number of sulfonamides is 1. The van der Waals surface area contributed by atoms with Gasteiger partial charge in [-0.25, -0.2) is 8.42 Å². The molecule has 0 aliphatic heterocycles. The summed E-state index contributed by atoms with van der Waals surface area (Å²) in [6.07, 6.45) is 2.01. The number of anilines is 1. The largest absolute Gasteiger partial charge is 0.497 e. The van der Waals surface area contributed by atoms with Crippen LogP contribution in [-0.4, -0.2) is 46.5 Å². The van der Waals surface area contributed by atoms with Crippen LogP contribution in [0.5, 0.6) is 5.75 Å². The van der Waals surface area contributed by atoms with Crippen molar-refractivity contribution in [1.29, 1.82) is 0 Å². The quantitative estimate of drug-likeness (QED) is 0.439. The van der Waals surface area contributed by atoms with Crippen molar-refractivity contribution in [2.45, 2.75) is 36.2 Å². The molecule has 2 N–H and O–H groups in total. The lowest BCUT2D eigenvalue weighted by atomic mass is 10.1. The number of likely N-dealkylation sites (N-methyl/N-ethyl adjacent to an activating group) is 1. The highest BCUT2D eigenvalue weighted by atomic mass is 32.2. The fourth-order valence-corrected chi connectivity index (χ4v) is 4.99. The van der Waals surface area contributed by atoms with Crippen LogP contribution >= 0.6 is 0 Å². The SMILES string of the molecule is COc1ccc(N(C)C(=O)[C@H](Cc2ccccc2)NS(=O)(=O)c2cccc(C(=O)NC3CC3)c2)cc1. The zero-order valence-corrected chi connectivity index (χ0v) is 21.0. The van der Waals surface area contributed by atoms with Crippen LogP contribution in [0.2, 0.25) is 0 Å². The summed E-state index contributed by atoms with van der Waals surface area (Å²) >= 11 is 0. The van der Waals surface area contributed by atoms with E-state index in [0.717, 1.165) is 18.4 Å². The van der Waals surface area contributed by atoms with E-state index >= 15 is 0 Å². The first kappa shape index (κ1) is 25.4. The van der Waals surface area contributed by atoms with E-state index < -0.39 is 22.0 Å². The summed E-state index contributed by atoms with van der Waals surface area (Å²) in [5, 5.41) is 2.86. The Labute approximate surface area is 211 Å². The molecule has 0 radical (unpaired) electrons. The van der Waals surface area contributed by atoms with E-state index in [1.165, 1.54) is 23.1 Å². The molecule has 0 saturated heterocycles. The highest BCUT2D eigenvalue weighted by Crippen LogP contribution is 2.22. The smallest absolute Gasteiger partial charge is 0.251 e. The second-order valence-corrected chi connectivity index (χ2v) is 10.4. The van der Waals surface area contributed by atoms with Crippen LogP contribution in [0.4, 0.5) is 5.69 Å². The van der Waals surface area contributed by atoms with Crippen molar-refractivity contribution in [3.05, 3.63) is 90.0 Å². The van der Waals surface area contributed by atoms with Crippen LogP contribution in [0, 0.1) is 0 Å². The molecule has 0 bridgehead atoms. The van der Waals surface area contributed by atoms with Crippen molar-refractivity contribution in [2.24, 2.45) is 0 Å². The average Bonchev–Trinajstić information content (AvgIpc) is 3.72. The Morgan fingerprint density at radius 3 is 2.33 bits per heavy atom. The van der Waals surface area contributed by atoms with E-state index in [9.17, 15) is 18.0 Å². The van der Waals surface area contributed by atoms with Gasteiger partial charge in [0, 0.05) is 24.3 Å². The molecular weight excluding hydrogens is 478 g/mol. The standard InChI is InChI=1S/C27H29N3O5S/c1-30(22-13-15-23(35-2)16-14-22)27(32)25(17-19-7-4-3-5-8-19)29-36(33,34)24-10-6-9-20(18-24)26(31)28-21-11-12-21/h3-10,13-16,18,21,25,29H,11-12,17H2,1-2H3,(H,28,31)/t25-/m0/s1. The number of rotatable bonds is 10. The van der Waals surface area contributed by atoms with Crippen LogP contribution in [-0.2, 0) is 21.2 Å². The molecule has 0 unspecified atom stereocenters. The van der Waals surface area contributed by atoms with Crippen molar-refractivity contribution in [2.75, 3.05) is 19.1 Å². The predicted octanol–water partition coefficient (Wildman–Crippen LogP) is 3.14. The van der Waals surface area contributed by atoms with Gasteiger partial charge in [0.2, 0.25) is 15.9 Å². The number of carbonyl (C=O) groups is 2. The third-order valence-electron chi connectivity index (χ3n) is 5.99. The van der Waals surface area contributed by atoms with Crippen molar-refractivity contribution >= 4 is 27.5 Å². The molecule has 1 aliphatic carbocycles. The molecule has 2 amide bonds. The maximum Gasteiger partial charge on any atom is 0.251 e. The van der Waals surface area contributed by atoms with Gasteiger partial charge in [0.25, 0.3) is 5.91 Å². The van der Waals surface area contributed by atoms with Crippen LogP contribution in [0.15, 0.2) is 83.8 Å². The van der Waals surface area contributed by atoms with E-state index in [4.69, 9.17) is 4.74 Å². The minimum absolute atomic E-state index is 0.0797. The van der Waals surface area contributed by atoms with Gasteiger partial charge in [0.1, 0.15) is 11.8 Å². The normalized spacial score (nSPS) is 14.1. The fourth-order valence-electron chi connectivity index (χ4n) is 3.75. The zero-order valence-electron chi connectivity index (χ0n) is 20.2. The van der Waals surface area contributed by atoms with Gasteiger partial charge in [0.05, 0.1) is 12.0 Å². The van der Waals surface area contributed by atoms with Crippen molar-refractivity contribution in [3.63, 3.8) is 0 Å². The molecular formula is C27H29N3O5S. The van der Waals surface area contributed by atoms with E-state index in [2.05, 4.69) is 10.0 Å². The Balaban J connectivity index is 1.59. The number of nitrogens with zero attached hydrogens (tertiary/aromatic N) is 1. The number of carbonyl (C=O) groups excluding carboxylic acids is 2. The molecule has 36 heavy (non-hydrogen) atoms. The van der Waals surface area contributed by atoms with Crippen LogP contribution in [0.1, 0.15) is 28.8 Å². The van der Waals surface area contributed by atoms with Crippen molar-refractivity contribution in [3.8, 4) is 5.75 Å². The minimum atomic E-state index is -4.12. The van der Waals surface area contributed by atoms with E-state index in [1.807, 2.05) is 30.3 Å². The van der Waals surface area contributed by atoms with Gasteiger partial charge in [-0.05, 0) is 67.3 Å². The molecule has 3 aromatic rings. The molecule has 0 spiro atoms. The second-order valence-electron chi connectivity index (χ2n) is 8.73. The van der Waals surface area contributed by atoms with Crippen LogP contribution < -0.4 is 19.7 Å². The van der Waals surface area contributed by atoms with Gasteiger partial charge < -0.3 is 15.0 Å². The Morgan fingerprint density at radius 2 is 1.69 bits per heavy atom. The summed E-state index contributed by atoms with van der Waals surface area (Å²) < 4.78 is 34.5. The number of hydrogen-bond acceptors (Lipinski definition) is 5. The lowest BCUT2D eigenvalue weighted by Gasteiger charge is -2.25. The summed E-state index contributed by atoms with van der Waals surface area (Å²) in [6, 6.07) is 21.0. The maximum absolute atomic E-state index is 13.5. The molecule has 0 heterocycles. The first-order valence-corrected chi connectivity index (χ1v) is 13.1. The van der Waals surface area contributed by atoms with Gasteiger partial charge >= 0.3 is 0 Å². The highest BCUT2D eigenvalue weighted by Gasteiger charge is 2.30. The lowest BCUT2D eigenvalue weighted by Crippen LogP contribution is -2.48. The molecule has 1 fully saturated rings. The molecule has 0 aromatic heterocycles. The molecule has 1 atom stereocenters. The first-order chi connectivity index (χ1) is 17.3. The van der Waals surface area contributed by atoms with Crippen molar-refractivity contribution < 1.29 is 22.7 Å². The summed E-state index contributed by atoms with van der Waals surface area (Å²) in [7, 11) is -0.966. The van der Waals surface area contributed by atoms with Gasteiger partial charge in [-0.2, -0.15) is 4.72 Å². The fraction of sp³-hybridized carbons (Fsp3) is 0.259. The second kappa shape index (κ2) is 10.9. The van der Waals surface area contributed by atoms with Gasteiger partial charge in [-0.15, -0.1) is 0 Å². The molecule has 9 heteroatoms. The Hall–Kier alpha value is -3.69. The number of methoxy groups -OCH3 is 1. The monoisotopic (exact) mass is 507 g/mol. The summed E-state index contributed by atoms with van der Waals surface area (Å²) in [5.41, 5.74) is 1.65. The average molecular weight is 508 g/mol. The molecule has 1 aliphatic rings. The molecule has 3 aromatic carbocycles. The molecule has 1 saturated carbocycles. The molecule has 188 valence electrons. The number of ether oxygens (including phenoxy) is 1. The highest BCUT2D eigenvalue weighted by molar-refractivity contribution is 7.89. The third kappa shape index (κ3) is 6.30. The molecule has 4 rings (SSSR count). The Bertz CT molecular complexity index is 1320.